The molecule has 1 heterocycles. The van der Waals surface area contributed by atoms with E-state index in [0.717, 1.165) is 13.2 Å². The van der Waals surface area contributed by atoms with Crippen molar-refractivity contribution in [2.24, 2.45) is 0 Å². The Hall–Kier alpha value is -1.46. The lowest BCUT2D eigenvalue weighted by atomic mass is 10.1. The van der Waals surface area contributed by atoms with Crippen LogP contribution in [0.1, 0.15) is 0 Å². The van der Waals surface area contributed by atoms with Crippen molar-refractivity contribution in [1.29, 1.82) is 0 Å². The van der Waals surface area contributed by atoms with Gasteiger partial charge in [-0.15, -0.1) is 0 Å². The smallest absolute Gasteiger partial charge is 0.414 e. The number of ether oxygens (including phenoxy) is 1. The largest absolute Gasteiger partial charge is 0.465 e. The maximum atomic E-state index is 12.2. The van der Waals surface area contributed by atoms with Crippen molar-refractivity contribution in [1.82, 2.24) is 5.32 Å². The summed E-state index contributed by atoms with van der Waals surface area (Å²) in [6, 6.07) is 0. The van der Waals surface area contributed by atoms with E-state index in [1.165, 1.54) is 6.20 Å². The van der Waals surface area contributed by atoms with Crippen LogP contribution in [0.4, 0.5) is 13.2 Å². The van der Waals surface area contributed by atoms with Crippen molar-refractivity contribution >= 4 is 5.97 Å². The van der Waals surface area contributed by atoms with Crippen molar-refractivity contribution < 1.29 is 22.7 Å². The molecule has 0 aromatic rings. The van der Waals surface area contributed by atoms with Crippen molar-refractivity contribution in [3.05, 3.63) is 23.4 Å². The molecule has 78 valence electrons. The lowest BCUT2D eigenvalue weighted by molar-refractivity contribution is -0.135. The lowest BCUT2D eigenvalue weighted by Gasteiger charge is -2.16. The maximum Gasteiger partial charge on any atom is 0.414 e. The predicted molar refractivity (Wildman–Crippen MR) is 42.2 cm³/mol. The van der Waals surface area contributed by atoms with Gasteiger partial charge < -0.3 is 10.1 Å². The summed E-state index contributed by atoms with van der Waals surface area (Å²) < 4.78 is 40.9. The molecule has 0 bridgehead atoms. The van der Waals surface area contributed by atoms with Crippen molar-refractivity contribution in [2.75, 3.05) is 13.7 Å². The van der Waals surface area contributed by atoms with Crippen molar-refractivity contribution in [3.63, 3.8) is 0 Å². The predicted octanol–water partition coefficient (Wildman–Crippen LogP) is 1.14. The van der Waals surface area contributed by atoms with E-state index < -0.39 is 17.7 Å². The minimum Gasteiger partial charge on any atom is -0.465 e. The molecule has 1 N–H and O–H groups in total. The van der Waals surface area contributed by atoms with Gasteiger partial charge in [0.15, 0.2) is 0 Å². The number of hydrogen-bond donors (Lipinski definition) is 1. The van der Waals surface area contributed by atoms with E-state index in [-0.39, 0.29) is 12.1 Å². The maximum absolute atomic E-state index is 12.2. The Kier molecular flexibility index (Phi) is 2.83. The molecule has 0 radical (unpaired) electrons. The van der Waals surface area contributed by atoms with Gasteiger partial charge in [0.1, 0.15) is 0 Å². The number of hydrogen-bond acceptors (Lipinski definition) is 3. The number of halogens is 3. The second-order valence-corrected chi connectivity index (χ2v) is 2.64. The van der Waals surface area contributed by atoms with Gasteiger partial charge >= 0.3 is 12.1 Å². The molecule has 0 aromatic heterocycles. The Morgan fingerprint density at radius 1 is 1.57 bits per heavy atom. The molecule has 0 aliphatic carbocycles. The fourth-order valence-electron chi connectivity index (χ4n) is 0.969. The quantitative estimate of drug-likeness (QED) is 0.655. The van der Waals surface area contributed by atoms with E-state index in [4.69, 9.17) is 0 Å². The van der Waals surface area contributed by atoms with E-state index in [2.05, 4.69) is 10.1 Å². The molecule has 3 nitrogen and oxygen atoms in total. The zero-order chi connectivity index (χ0) is 10.8. The molecule has 1 rings (SSSR count). The van der Waals surface area contributed by atoms with Crippen LogP contribution < -0.4 is 5.32 Å². The molecule has 14 heavy (non-hydrogen) atoms. The number of nitrogens with one attached hydrogen (secondary N) is 1. The second-order valence-electron chi connectivity index (χ2n) is 2.64. The molecule has 0 amide bonds. The highest BCUT2D eigenvalue weighted by Gasteiger charge is 2.34. The molecule has 0 saturated carbocycles. The minimum atomic E-state index is -4.42. The molecule has 0 spiro atoms. The van der Waals surface area contributed by atoms with E-state index in [1.54, 1.807) is 0 Å². The number of esters is 1. The molecule has 0 saturated heterocycles. The van der Waals surface area contributed by atoms with E-state index in [1.807, 2.05) is 0 Å². The van der Waals surface area contributed by atoms with Crippen molar-refractivity contribution in [2.45, 2.75) is 6.18 Å². The Labute approximate surface area is 78.2 Å². The van der Waals surface area contributed by atoms with Gasteiger partial charge in [0.05, 0.1) is 18.3 Å². The second kappa shape index (κ2) is 3.73. The number of methoxy groups -OCH3 is 1. The number of carbonyl (C=O) groups is 1. The van der Waals surface area contributed by atoms with Crippen LogP contribution in [0.5, 0.6) is 0 Å². The van der Waals surface area contributed by atoms with Crippen LogP contribution >= 0.6 is 0 Å². The van der Waals surface area contributed by atoms with E-state index in [0.29, 0.717) is 0 Å². The number of alkyl halides is 3. The summed E-state index contributed by atoms with van der Waals surface area (Å²) in [6.07, 6.45) is -2.44. The summed E-state index contributed by atoms with van der Waals surface area (Å²) in [5.74, 6) is -0.793. The topological polar surface area (TPSA) is 38.3 Å². The highest BCUT2D eigenvalue weighted by Crippen LogP contribution is 2.27. The molecule has 0 unspecified atom stereocenters. The molecule has 6 heteroatoms. The van der Waals surface area contributed by atoms with E-state index >= 15 is 0 Å². The van der Waals surface area contributed by atoms with Crippen LogP contribution in [-0.2, 0) is 9.53 Å². The SMILES string of the molecule is COC(=O)C1=CNCC(C(F)(F)F)=C1. The van der Waals surface area contributed by atoms with Gasteiger partial charge in [-0.3, -0.25) is 0 Å². The van der Waals surface area contributed by atoms with Gasteiger partial charge in [-0.05, 0) is 6.08 Å². The van der Waals surface area contributed by atoms with Crippen LogP contribution in [0, 0.1) is 0 Å². The average molecular weight is 207 g/mol. The summed E-state index contributed by atoms with van der Waals surface area (Å²) in [5.41, 5.74) is -0.925. The zero-order valence-electron chi connectivity index (χ0n) is 7.31. The van der Waals surface area contributed by atoms with Gasteiger partial charge in [-0.25, -0.2) is 4.79 Å². The summed E-state index contributed by atoms with van der Waals surface area (Å²) in [5, 5.41) is 2.36. The highest BCUT2D eigenvalue weighted by atomic mass is 19.4. The third-order valence-corrected chi connectivity index (χ3v) is 1.67. The third-order valence-electron chi connectivity index (χ3n) is 1.67. The summed E-state index contributed by atoms with van der Waals surface area (Å²) >= 11 is 0. The third kappa shape index (κ3) is 2.27. The Morgan fingerprint density at radius 2 is 2.21 bits per heavy atom. The zero-order valence-corrected chi connectivity index (χ0v) is 7.31. The fourth-order valence-corrected chi connectivity index (χ4v) is 0.969. The Bertz CT molecular complexity index is 304. The normalized spacial score (nSPS) is 16.6. The van der Waals surface area contributed by atoms with Gasteiger partial charge in [0, 0.05) is 12.7 Å². The Morgan fingerprint density at radius 3 is 2.71 bits per heavy atom. The monoisotopic (exact) mass is 207 g/mol. The first-order chi connectivity index (χ1) is 6.45. The molecule has 0 aromatic carbocycles. The van der Waals surface area contributed by atoms with Crippen LogP contribution in [0.2, 0.25) is 0 Å². The standard InChI is InChI=1S/C8H8F3NO2/c1-14-7(13)5-2-6(4-12-3-5)8(9,10)11/h2-3,12H,4H2,1H3. The van der Waals surface area contributed by atoms with Gasteiger partial charge in [-0.1, -0.05) is 0 Å². The van der Waals surface area contributed by atoms with Crippen LogP contribution in [0.25, 0.3) is 0 Å². The summed E-state index contributed by atoms with van der Waals surface area (Å²) in [6.45, 7) is -0.329. The first-order valence-corrected chi connectivity index (χ1v) is 3.75. The molecule has 1 aliphatic heterocycles. The minimum absolute atomic E-state index is 0.133. The van der Waals surface area contributed by atoms with Gasteiger partial charge in [-0.2, -0.15) is 13.2 Å². The number of rotatable bonds is 1. The van der Waals surface area contributed by atoms with Crippen LogP contribution in [-0.4, -0.2) is 25.8 Å². The van der Waals surface area contributed by atoms with Crippen LogP contribution in [0.3, 0.4) is 0 Å². The fraction of sp³-hybridized carbons (Fsp3) is 0.375. The molecular weight excluding hydrogens is 199 g/mol. The average Bonchev–Trinajstić information content (AvgIpc) is 2.15. The van der Waals surface area contributed by atoms with Crippen LogP contribution in [0.15, 0.2) is 23.4 Å². The molecule has 0 atom stereocenters. The van der Waals surface area contributed by atoms with E-state index in [9.17, 15) is 18.0 Å². The first kappa shape index (κ1) is 10.6. The highest BCUT2D eigenvalue weighted by molar-refractivity contribution is 5.91. The summed E-state index contributed by atoms with van der Waals surface area (Å²) in [7, 11) is 1.11. The summed E-state index contributed by atoms with van der Waals surface area (Å²) in [4.78, 5) is 10.9. The molecule has 0 fully saturated rings. The molecule has 1 aliphatic rings. The van der Waals surface area contributed by atoms with Crippen molar-refractivity contribution in [3.8, 4) is 0 Å². The van der Waals surface area contributed by atoms with Gasteiger partial charge in [0.25, 0.3) is 0 Å². The number of dihydropyridines is 1. The molecular formula is C8H8F3NO2. The van der Waals surface area contributed by atoms with Gasteiger partial charge in [0.2, 0.25) is 0 Å². The first-order valence-electron chi connectivity index (χ1n) is 3.75. The number of carbonyl (C=O) groups excluding carboxylic acids is 1. The lowest BCUT2D eigenvalue weighted by Crippen LogP contribution is -2.27. The Balaban J connectivity index is 2.88.